The third-order valence-corrected chi connectivity index (χ3v) is 5.04. The van der Waals surface area contributed by atoms with Crippen molar-refractivity contribution in [2.45, 2.75) is 43.8 Å². The van der Waals surface area contributed by atoms with Crippen molar-refractivity contribution < 1.29 is 9.18 Å². The molecule has 0 fully saturated rings. The molecule has 0 radical (unpaired) electrons. The highest BCUT2D eigenvalue weighted by atomic mass is 35.6. The molecular weight excluding hydrogens is 384 g/mol. The molecule has 0 saturated heterocycles. The van der Waals surface area contributed by atoms with Crippen LogP contribution in [0.5, 0.6) is 0 Å². The van der Waals surface area contributed by atoms with Gasteiger partial charge in [-0.2, -0.15) is 0 Å². The number of hydrogen-bond acceptors (Lipinski definition) is 1. The second-order valence-corrected chi connectivity index (χ2v) is 9.95. The number of hydrogen-bond donors (Lipinski definition) is 0. The van der Waals surface area contributed by atoms with E-state index in [9.17, 15) is 9.18 Å². The van der Waals surface area contributed by atoms with Crippen LogP contribution in [0.15, 0.2) is 24.3 Å². The summed E-state index contributed by atoms with van der Waals surface area (Å²) in [6, 6.07) is 6.33. The number of benzene rings is 1. The van der Waals surface area contributed by atoms with E-state index in [-0.39, 0.29) is 23.4 Å². The molecule has 2 aromatic rings. The number of nitrogens with zero attached hydrogens (tertiary/aromatic N) is 1. The molecule has 3 rings (SSSR count). The third-order valence-electron chi connectivity index (χ3n) is 4.64. The summed E-state index contributed by atoms with van der Waals surface area (Å²) in [5.74, 6) is -0.280. The van der Waals surface area contributed by atoms with Crippen LogP contribution in [0.25, 0.3) is 5.69 Å². The fourth-order valence-electron chi connectivity index (χ4n) is 3.72. The number of halogens is 4. The lowest BCUT2D eigenvalue weighted by Gasteiger charge is -2.30. The molecule has 1 aromatic heterocycles. The average molecular weight is 403 g/mol. The fourth-order valence-corrected chi connectivity index (χ4v) is 4.12. The van der Waals surface area contributed by atoms with E-state index >= 15 is 0 Å². The minimum absolute atomic E-state index is 0.0498. The number of aromatic nitrogens is 1. The van der Waals surface area contributed by atoms with Crippen LogP contribution >= 0.6 is 34.8 Å². The summed E-state index contributed by atoms with van der Waals surface area (Å²) in [5.41, 5.74) is 3.56. The van der Waals surface area contributed by atoms with Gasteiger partial charge >= 0.3 is 0 Å². The molecule has 0 N–H and O–H groups in total. The number of carbonyl (C=O) groups excluding carboxylic acids is 1. The van der Waals surface area contributed by atoms with Gasteiger partial charge in [0.2, 0.25) is 0 Å². The molecule has 1 aliphatic carbocycles. The van der Waals surface area contributed by atoms with E-state index in [1.54, 1.807) is 6.07 Å². The first-order valence-corrected chi connectivity index (χ1v) is 9.21. The van der Waals surface area contributed by atoms with Gasteiger partial charge in [0, 0.05) is 35.5 Å². The summed E-state index contributed by atoms with van der Waals surface area (Å²) in [6.45, 7) is 6.00. The Labute approximate surface area is 161 Å². The number of Topliss-reactive ketones (excluding diaryl/α,β-unsaturated/α-hetero) is 1. The Morgan fingerprint density at radius 2 is 1.92 bits per heavy atom. The highest BCUT2D eigenvalue weighted by Gasteiger charge is 2.38. The Bertz CT molecular complexity index is 849. The molecule has 1 aliphatic rings. The number of alkyl halides is 3. The van der Waals surface area contributed by atoms with Gasteiger partial charge in [0.15, 0.2) is 9.58 Å². The Balaban J connectivity index is 2.29. The third kappa shape index (κ3) is 3.74. The zero-order chi connectivity index (χ0) is 18.6. The lowest BCUT2D eigenvalue weighted by molar-refractivity contribution is 0.0910. The van der Waals surface area contributed by atoms with Crippen LogP contribution in [0, 0.1) is 18.2 Å². The standard InChI is InChI=1S/C19H19Cl3FNO/c1-11-14(8-19(20,21)22)17-15(9-18(2,3)10-16(17)25)24(11)13-6-4-5-12(23)7-13/h4-7H,8-10H2,1-3H3. The molecule has 0 atom stereocenters. The van der Waals surface area contributed by atoms with Crippen molar-refractivity contribution in [1.82, 2.24) is 4.57 Å². The Hall–Kier alpha value is -1.03. The Kier molecular flexibility index (Phi) is 4.72. The quantitative estimate of drug-likeness (QED) is 0.565. The van der Waals surface area contributed by atoms with Crippen LogP contribution < -0.4 is 0 Å². The van der Waals surface area contributed by atoms with Gasteiger partial charge in [-0.05, 0) is 42.5 Å². The molecule has 134 valence electrons. The number of ketones is 1. The molecule has 0 bridgehead atoms. The zero-order valence-corrected chi connectivity index (χ0v) is 16.6. The van der Waals surface area contributed by atoms with Gasteiger partial charge in [-0.25, -0.2) is 4.39 Å². The number of carbonyl (C=O) groups is 1. The van der Waals surface area contributed by atoms with Crippen molar-refractivity contribution in [3.63, 3.8) is 0 Å². The second-order valence-electron chi connectivity index (χ2n) is 7.43. The van der Waals surface area contributed by atoms with E-state index < -0.39 is 3.79 Å². The van der Waals surface area contributed by atoms with Gasteiger partial charge in [0.1, 0.15) is 5.82 Å². The molecule has 0 unspecified atom stereocenters. The fraction of sp³-hybridized carbons (Fsp3) is 0.421. The summed E-state index contributed by atoms with van der Waals surface area (Å²) >= 11 is 18.1. The smallest absolute Gasteiger partial charge is 0.194 e. The van der Waals surface area contributed by atoms with E-state index in [0.717, 1.165) is 17.0 Å². The van der Waals surface area contributed by atoms with Crippen molar-refractivity contribution in [2.75, 3.05) is 0 Å². The van der Waals surface area contributed by atoms with Crippen LogP contribution in [0.1, 0.15) is 47.6 Å². The second kappa shape index (κ2) is 6.29. The van der Waals surface area contributed by atoms with E-state index in [1.165, 1.54) is 12.1 Å². The van der Waals surface area contributed by atoms with Crippen LogP contribution in [-0.2, 0) is 12.8 Å². The Morgan fingerprint density at radius 1 is 1.24 bits per heavy atom. The molecule has 0 aliphatic heterocycles. The maximum absolute atomic E-state index is 13.8. The minimum Gasteiger partial charge on any atom is -0.317 e. The lowest BCUT2D eigenvalue weighted by atomic mass is 9.75. The summed E-state index contributed by atoms with van der Waals surface area (Å²) in [7, 11) is 0. The molecule has 0 spiro atoms. The average Bonchev–Trinajstić information content (AvgIpc) is 2.68. The SMILES string of the molecule is Cc1c(CC(Cl)(Cl)Cl)c2c(n1-c1cccc(F)c1)CC(C)(C)CC2=O. The minimum atomic E-state index is -1.50. The highest BCUT2D eigenvalue weighted by Crippen LogP contribution is 2.42. The number of fused-ring (bicyclic) bond motifs is 1. The highest BCUT2D eigenvalue weighted by molar-refractivity contribution is 6.67. The monoisotopic (exact) mass is 401 g/mol. The van der Waals surface area contributed by atoms with E-state index in [2.05, 4.69) is 13.8 Å². The van der Waals surface area contributed by atoms with E-state index in [4.69, 9.17) is 34.8 Å². The van der Waals surface area contributed by atoms with Crippen molar-refractivity contribution in [2.24, 2.45) is 5.41 Å². The first-order chi connectivity index (χ1) is 11.5. The van der Waals surface area contributed by atoms with Gasteiger partial charge in [0.05, 0.1) is 0 Å². The summed E-state index contributed by atoms with van der Waals surface area (Å²) < 4.78 is 14.2. The molecular formula is C19H19Cl3FNO. The molecule has 1 heterocycles. The van der Waals surface area contributed by atoms with Crippen molar-refractivity contribution in [3.05, 3.63) is 52.6 Å². The topological polar surface area (TPSA) is 22.0 Å². The van der Waals surface area contributed by atoms with Crippen molar-refractivity contribution in [3.8, 4) is 5.69 Å². The van der Waals surface area contributed by atoms with Crippen LogP contribution in [0.4, 0.5) is 4.39 Å². The molecule has 2 nitrogen and oxygen atoms in total. The maximum atomic E-state index is 13.8. The largest absolute Gasteiger partial charge is 0.317 e. The molecule has 0 amide bonds. The van der Waals surface area contributed by atoms with Gasteiger partial charge in [-0.15, -0.1) is 0 Å². The van der Waals surface area contributed by atoms with Gasteiger partial charge in [0.25, 0.3) is 0 Å². The number of rotatable bonds is 2. The molecule has 0 saturated carbocycles. The first kappa shape index (κ1) is 18.8. The van der Waals surface area contributed by atoms with Gasteiger partial charge < -0.3 is 4.57 Å². The molecule has 1 aromatic carbocycles. The van der Waals surface area contributed by atoms with Crippen molar-refractivity contribution >= 4 is 40.6 Å². The van der Waals surface area contributed by atoms with Crippen LogP contribution in [0.3, 0.4) is 0 Å². The normalized spacial score (nSPS) is 16.8. The zero-order valence-electron chi connectivity index (χ0n) is 14.3. The van der Waals surface area contributed by atoms with Crippen LogP contribution in [0.2, 0.25) is 0 Å². The van der Waals surface area contributed by atoms with Gasteiger partial charge in [-0.1, -0.05) is 54.7 Å². The van der Waals surface area contributed by atoms with Crippen LogP contribution in [-0.4, -0.2) is 14.1 Å². The summed E-state index contributed by atoms with van der Waals surface area (Å²) in [6.07, 6.45) is 1.28. The Morgan fingerprint density at radius 3 is 2.52 bits per heavy atom. The van der Waals surface area contributed by atoms with Gasteiger partial charge in [-0.3, -0.25) is 4.79 Å². The van der Waals surface area contributed by atoms with Crippen molar-refractivity contribution in [1.29, 1.82) is 0 Å². The summed E-state index contributed by atoms with van der Waals surface area (Å²) in [4.78, 5) is 12.9. The first-order valence-electron chi connectivity index (χ1n) is 8.07. The van der Waals surface area contributed by atoms with E-state index in [1.807, 2.05) is 17.6 Å². The van der Waals surface area contributed by atoms with E-state index in [0.29, 0.717) is 24.1 Å². The summed E-state index contributed by atoms with van der Waals surface area (Å²) in [5, 5.41) is 0. The molecule has 6 heteroatoms. The predicted octanol–water partition coefficient (Wildman–Crippen LogP) is 5.99. The predicted molar refractivity (Wildman–Crippen MR) is 101 cm³/mol. The lowest BCUT2D eigenvalue weighted by Crippen LogP contribution is -2.28. The maximum Gasteiger partial charge on any atom is 0.194 e. The molecule has 25 heavy (non-hydrogen) atoms.